The molecular weight excluding hydrogens is 242 g/mol. The summed E-state index contributed by atoms with van der Waals surface area (Å²) in [5.41, 5.74) is 7.14. The van der Waals surface area contributed by atoms with E-state index in [1.807, 2.05) is 24.3 Å². The fourth-order valence-corrected chi connectivity index (χ4v) is 1.70. The van der Waals surface area contributed by atoms with Crippen molar-refractivity contribution in [3.63, 3.8) is 0 Å². The smallest absolute Gasteiger partial charge is 0.212 e. The molecule has 1 atom stereocenters. The SMILES string of the molecule is CCC(N)Cc1ccc(OCc2nnn(C)n2)cc1. The number of hydrogen-bond acceptors (Lipinski definition) is 5. The van der Waals surface area contributed by atoms with Crippen LogP contribution in [0.3, 0.4) is 0 Å². The highest BCUT2D eigenvalue weighted by atomic mass is 16.5. The highest BCUT2D eigenvalue weighted by molar-refractivity contribution is 5.27. The van der Waals surface area contributed by atoms with E-state index in [1.54, 1.807) is 7.05 Å². The number of rotatable bonds is 6. The molecule has 6 nitrogen and oxygen atoms in total. The third-order valence-corrected chi connectivity index (χ3v) is 2.86. The van der Waals surface area contributed by atoms with Gasteiger partial charge in [-0.15, -0.1) is 10.2 Å². The van der Waals surface area contributed by atoms with Crippen LogP contribution in [-0.2, 0) is 20.1 Å². The summed E-state index contributed by atoms with van der Waals surface area (Å²) in [6.07, 6.45) is 1.87. The van der Waals surface area contributed by atoms with E-state index >= 15 is 0 Å². The zero-order chi connectivity index (χ0) is 13.7. The number of ether oxygens (including phenoxy) is 1. The molecule has 0 radical (unpaired) electrons. The summed E-state index contributed by atoms with van der Waals surface area (Å²) >= 11 is 0. The number of aryl methyl sites for hydroxylation is 1. The summed E-state index contributed by atoms with van der Waals surface area (Å²) in [4.78, 5) is 1.41. The van der Waals surface area contributed by atoms with Crippen LogP contribution >= 0.6 is 0 Å². The summed E-state index contributed by atoms with van der Waals surface area (Å²) in [7, 11) is 1.72. The van der Waals surface area contributed by atoms with Crippen LogP contribution < -0.4 is 10.5 Å². The standard InChI is InChI=1S/C13H19N5O/c1-3-11(14)8-10-4-6-12(7-5-10)19-9-13-15-17-18(2)16-13/h4-7,11H,3,8-9,14H2,1-2H3. The zero-order valence-corrected chi connectivity index (χ0v) is 11.3. The van der Waals surface area contributed by atoms with Gasteiger partial charge in [0.05, 0.1) is 7.05 Å². The van der Waals surface area contributed by atoms with Crippen molar-refractivity contribution >= 4 is 0 Å². The second-order valence-electron chi connectivity index (χ2n) is 4.50. The number of nitrogens with two attached hydrogens (primary N) is 1. The van der Waals surface area contributed by atoms with Crippen LogP contribution in [0.4, 0.5) is 0 Å². The lowest BCUT2D eigenvalue weighted by Crippen LogP contribution is -2.21. The summed E-state index contributed by atoms with van der Waals surface area (Å²) in [5.74, 6) is 1.36. The van der Waals surface area contributed by atoms with Crippen molar-refractivity contribution in [3.8, 4) is 5.75 Å². The first-order chi connectivity index (χ1) is 9.17. The van der Waals surface area contributed by atoms with E-state index < -0.39 is 0 Å². The lowest BCUT2D eigenvalue weighted by atomic mass is 10.0. The Morgan fingerprint density at radius 3 is 2.63 bits per heavy atom. The highest BCUT2D eigenvalue weighted by Crippen LogP contribution is 2.14. The zero-order valence-electron chi connectivity index (χ0n) is 11.3. The molecule has 0 saturated carbocycles. The molecule has 1 aromatic carbocycles. The molecular formula is C13H19N5O. The van der Waals surface area contributed by atoms with Crippen LogP contribution in [0.15, 0.2) is 24.3 Å². The topological polar surface area (TPSA) is 78.9 Å². The first kappa shape index (κ1) is 13.5. The summed E-state index contributed by atoms with van der Waals surface area (Å²) in [5, 5.41) is 11.7. The molecule has 1 aromatic heterocycles. The Labute approximate surface area is 112 Å². The van der Waals surface area contributed by atoms with Gasteiger partial charge in [-0.25, -0.2) is 0 Å². The Bertz CT molecular complexity index is 508. The van der Waals surface area contributed by atoms with Gasteiger partial charge in [-0.2, -0.15) is 4.80 Å². The average Bonchev–Trinajstić information content (AvgIpc) is 2.83. The molecule has 0 aliphatic rings. The lowest BCUT2D eigenvalue weighted by molar-refractivity contribution is 0.295. The van der Waals surface area contributed by atoms with Gasteiger partial charge in [0.1, 0.15) is 5.75 Å². The van der Waals surface area contributed by atoms with Crippen LogP contribution in [0.1, 0.15) is 24.7 Å². The number of nitrogens with zero attached hydrogens (tertiary/aromatic N) is 4. The molecule has 1 unspecified atom stereocenters. The van der Waals surface area contributed by atoms with Gasteiger partial charge in [0, 0.05) is 6.04 Å². The van der Waals surface area contributed by atoms with Gasteiger partial charge in [-0.05, 0) is 35.8 Å². The van der Waals surface area contributed by atoms with Gasteiger partial charge in [0.15, 0.2) is 6.61 Å². The van der Waals surface area contributed by atoms with E-state index in [1.165, 1.54) is 10.4 Å². The van der Waals surface area contributed by atoms with E-state index in [9.17, 15) is 0 Å². The van der Waals surface area contributed by atoms with E-state index in [4.69, 9.17) is 10.5 Å². The van der Waals surface area contributed by atoms with E-state index in [-0.39, 0.29) is 6.04 Å². The second kappa shape index (κ2) is 6.29. The lowest BCUT2D eigenvalue weighted by Gasteiger charge is -2.09. The minimum Gasteiger partial charge on any atom is -0.485 e. The summed E-state index contributed by atoms with van der Waals surface area (Å²) < 4.78 is 5.58. The van der Waals surface area contributed by atoms with Gasteiger partial charge in [0.25, 0.3) is 0 Å². The molecule has 0 aliphatic heterocycles. The van der Waals surface area contributed by atoms with Crippen molar-refractivity contribution in [2.24, 2.45) is 12.8 Å². The minimum atomic E-state index is 0.218. The van der Waals surface area contributed by atoms with Crippen molar-refractivity contribution in [1.29, 1.82) is 0 Å². The van der Waals surface area contributed by atoms with Gasteiger partial charge in [-0.3, -0.25) is 0 Å². The normalized spacial score (nSPS) is 12.4. The molecule has 2 rings (SSSR count). The fraction of sp³-hybridized carbons (Fsp3) is 0.462. The van der Waals surface area contributed by atoms with Crippen LogP contribution in [0, 0.1) is 0 Å². The Kier molecular flexibility index (Phi) is 4.46. The molecule has 0 aliphatic carbocycles. The number of benzene rings is 1. The minimum absolute atomic E-state index is 0.218. The molecule has 0 spiro atoms. The third kappa shape index (κ3) is 4.03. The molecule has 2 aromatic rings. The predicted octanol–water partition coefficient (Wildman–Crippen LogP) is 1.07. The van der Waals surface area contributed by atoms with Gasteiger partial charge >= 0.3 is 0 Å². The van der Waals surface area contributed by atoms with E-state index in [2.05, 4.69) is 22.3 Å². The monoisotopic (exact) mass is 261 g/mol. The van der Waals surface area contributed by atoms with Crippen LogP contribution in [0.5, 0.6) is 5.75 Å². The van der Waals surface area contributed by atoms with E-state index in [0.717, 1.165) is 18.6 Å². The van der Waals surface area contributed by atoms with Gasteiger partial charge in [0.2, 0.25) is 5.82 Å². The molecule has 2 N–H and O–H groups in total. The molecule has 0 amide bonds. The Balaban J connectivity index is 1.88. The molecule has 0 saturated heterocycles. The molecule has 6 heteroatoms. The van der Waals surface area contributed by atoms with E-state index in [0.29, 0.717) is 12.4 Å². The van der Waals surface area contributed by atoms with Crippen LogP contribution in [-0.4, -0.2) is 26.2 Å². The Morgan fingerprint density at radius 1 is 1.32 bits per heavy atom. The Hall–Kier alpha value is -1.95. The summed E-state index contributed by atoms with van der Waals surface area (Å²) in [6, 6.07) is 8.17. The second-order valence-corrected chi connectivity index (χ2v) is 4.50. The molecule has 102 valence electrons. The maximum Gasteiger partial charge on any atom is 0.212 e. The molecule has 19 heavy (non-hydrogen) atoms. The average molecular weight is 261 g/mol. The van der Waals surface area contributed by atoms with Crippen molar-refractivity contribution in [2.45, 2.75) is 32.4 Å². The largest absolute Gasteiger partial charge is 0.485 e. The molecule has 0 bridgehead atoms. The molecule has 0 fully saturated rings. The fourth-order valence-electron chi connectivity index (χ4n) is 1.70. The first-order valence-corrected chi connectivity index (χ1v) is 6.37. The number of hydrogen-bond donors (Lipinski definition) is 1. The third-order valence-electron chi connectivity index (χ3n) is 2.86. The predicted molar refractivity (Wildman–Crippen MR) is 71.5 cm³/mol. The van der Waals surface area contributed by atoms with Crippen molar-refractivity contribution < 1.29 is 4.74 Å². The van der Waals surface area contributed by atoms with Crippen LogP contribution in [0.25, 0.3) is 0 Å². The Morgan fingerprint density at radius 2 is 2.05 bits per heavy atom. The van der Waals surface area contributed by atoms with Crippen molar-refractivity contribution in [1.82, 2.24) is 20.2 Å². The number of tetrazole rings is 1. The first-order valence-electron chi connectivity index (χ1n) is 6.37. The maximum absolute atomic E-state index is 5.92. The summed E-state index contributed by atoms with van der Waals surface area (Å²) in [6.45, 7) is 2.41. The van der Waals surface area contributed by atoms with Crippen LogP contribution in [0.2, 0.25) is 0 Å². The number of aromatic nitrogens is 4. The quantitative estimate of drug-likeness (QED) is 0.841. The van der Waals surface area contributed by atoms with Gasteiger partial charge in [-0.1, -0.05) is 19.1 Å². The highest BCUT2D eigenvalue weighted by Gasteiger charge is 2.03. The van der Waals surface area contributed by atoms with Gasteiger partial charge < -0.3 is 10.5 Å². The van der Waals surface area contributed by atoms with Crippen molar-refractivity contribution in [2.75, 3.05) is 0 Å². The maximum atomic E-state index is 5.92. The van der Waals surface area contributed by atoms with Crippen molar-refractivity contribution in [3.05, 3.63) is 35.7 Å². The molecule has 1 heterocycles.